The molecule has 2 aliphatic heterocycles. The zero-order chi connectivity index (χ0) is 10.4. The predicted molar refractivity (Wildman–Crippen MR) is 50.5 cm³/mol. The standard InChI is InChI=1S/C11H11FO3/c12-11-6-1-3-9(10-5-14-10)15-8(6)4-2-7(11)13/h2,4,9-10,13H,1,3,5H2/t9?,10-/m0/s1. The number of ether oxygens (including phenoxy) is 2. The second-order valence-electron chi connectivity index (χ2n) is 3.94. The minimum Gasteiger partial charge on any atom is -0.505 e. The fourth-order valence-corrected chi connectivity index (χ4v) is 1.98. The molecule has 1 saturated heterocycles. The van der Waals surface area contributed by atoms with Gasteiger partial charge >= 0.3 is 0 Å². The third-order valence-electron chi connectivity index (χ3n) is 2.91. The van der Waals surface area contributed by atoms with Gasteiger partial charge in [-0.05, 0) is 25.0 Å². The summed E-state index contributed by atoms with van der Waals surface area (Å²) in [5.74, 6) is -0.321. The summed E-state index contributed by atoms with van der Waals surface area (Å²) >= 11 is 0. The fourth-order valence-electron chi connectivity index (χ4n) is 1.98. The molecule has 2 aliphatic rings. The van der Waals surface area contributed by atoms with Crippen molar-refractivity contribution < 1.29 is 19.0 Å². The Labute approximate surface area is 86.4 Å². The molecule has 1 aromatic rings. The summed E-state index contributed by atoms with van der Waals surface area (Å²) in [5.41, 5.74) is 0.479. The third kappa shape index (κ3) is 1.45. The van der Waals surface area contributed by atoms with E-state index in [2.05, 4.69) is 0 Å². The Morgan fingerprint density at radius 1 is 1.33 bits per heavy atom. The monoisotopic (exact) mass is 210 g/mol. The quantitative estimate of drug-likeness (QED) is 0.716. The molecule has 1 aromatic carbocycles. The van der Waals surface area contributed by atoms with Crippen LogP contribution >= 0.6 is 0 Å². The van der Waals surface area contributed by atoms with Gasteiger partial charge in [0, 0.05) is 5.56 Å². The molecule has 4 heteroatoms. The Balaban J connectivity index is 1.93. The van der Waals surface area contributed by atoms with Gasteiger partial charge < -0.3 is 14.6 Å². The molecule has 1 unspecified atom stereocenters. The van der Waals surface area contributed by atoms with Crippen molar-refractivity contribution in [3.8, 4) is 11.5 Å². The number of phenols is 1. The van der Waals surface area contributed by atoms with Gasteiger partial charge in [0.25, 0.3) is 0 Å². The van der Waals surface area contributed by atoms with E-state index in [0.717, 1.165) is 13.0 Å². The van der Waals surface area contributed by atoms with Crippen LogP contribution in [0.15, 0.2) is 12.1 Å². The number of rotatable bonds is 1. The van der Waals surface area contributed by atoms with E-state index >= 15 is 0 Å². The minimum atomic E-state index is -0.553. The van der Waals surface area contributed by atoms with Crippen molar-refractivity contribution in [2.45, 2.75) is 25.0 Å². The first kappa shape index (κ1) is 8.97. The second kappa shape index (κ2) is 3.10. The lowest BCUT2D eigenvalue weighted by molar-refractivity contribution is 0.134. The van der Waals surface area contributed by atoms with Crippen LogP contribution in [0, 0.1) is 5.82 Å². The van der Waals surface area contributed by atoms with Gasteiger partial charge in [0.05, 0.1) is 6.61 Å². The summed E-state index contributed by atoms with van der Waals surface area (Å²) in [6.07, 6.45) is 1.56. The lowest BCUT2D eigenvalue weighted by atomic mass is 10.00. The Morgan fingerprint density at radius 3 is 2.87 bits per heavy atom. The van der Waals surface area contributed by atoms with Gasteiger partial charge in [0.1, 0.15) is 18.0 Å². The number of fused-ring (bicyclic) bond motifs is 1. The first-order valence-corrected chi connectivity index (χ1v) is 5.04. The van der Waals surface area contributed by atoms with Crippen LogP contribution in [0.25, 0.3) is 0 Å². The Morgan fingerprint density at radius 2 is 2.13 bits per heavy atom. The molecule has 0 saturated carbocycles. The topological polar surface area (TPSA) is 42.0 Å². The summed E-state index contributed by atoms with van der Waals surface area (Å²) in [5, 5.41) is 9.21. The van der Waals surface area contributed by atoms with Gasteiger partial charge in [-0.3, -0.25) is 0 Å². The van der Waals surface area contributed by atoms with Crippen LogP contribution in [0.5, 0.6) is 11.5 Å². The Bertz CT molecular complexity index is 401. The highest BCUT2D eigenvalue weighted by Gasteiger charge is 2.37. The zero-order valence-corrected chi connectivity index (χ0v) is 8.07. The molecule has 15 heavy (non-hydrogen) atoms. The molecule has 1 N–H and O–H groups in total. The third-order valence-corrected chi connectivity index (χ3v) is 2.91. The van der Waals surface area contributed by atoms with Gasteiger partial charge in [-0.2, -0.15) is 0 Å². The van der Waals surface area contributed by atoms with E-state index in [1.165, 1.54) is 6.07 Å². The molecule has 1 fully saturated rings. The number of phenolic OH excluding ortho intramolecular Hbond substituents is 1. The average molecular weight is 210 g/mol. The normalized spacial score (nSPS) is 28.1. The van der Waals surface area contributed by atoms with Crippen LogP contribution in [0.2, 0.25) is 0 Å². The van der Waals surface area contributed by atoms with Crippen LogP contribution in [0.3, 0.4) is 0 Å². The largest absolute Gasteiger partial charge is 0.505 e. The number of aromatic hydroxyl groups is 1. The number of hydrogen-bond acceptors (Lipinski definition) is 3. The van der Waals surface area contributed by atoms with E-state index in [4.69, 9.17) is 9.47 Å². The number of hydrogen-bond donors (Lipinski definition) is 1. The molecule has 0 aromatic heterocycles. The van der Waals surface area contributed by atoms with E-state index in [0.29, 0.717) is 17.7 Å². The molecule has 0 radical (unpaired) electrons. The van der Waals surface area contributed by atoms with Crippen molar-refractivity contribution in [2.75, 3.05) is 6.61 Å². The molecule has 80 valence electrons. The molecular weight excluding hydrogens is 199 g/mol. The predicted octanol–water partition coefficient (Wildman–Crippen LogP) is 1.62. The molecule has 0 amide bonds. The van der Waals surface area contributed by atoms with E-state index in [9.17, 15) is 9.50 Å². The van der Waals surface area contributed by atoms with Crippen LogP contribution < -0.4 is 4.74 Å². The molecule has 2 heterocycles. The van der Waals surface area contributed by atoms with E-state index in [-0.39, 0.29) is 18.0 Å². The number of epoxide rings is 1. The van der Waals surface area contributed by atoms with Crippen molar-refractivity contribution >= 4 is 0 Å². The molecule has 3 rings (SSSR count). The summed E-state index contributed by atoms with van der Waals surface area (Å²) in [4.78, 5) is 0. The lowest BCUT2D eigenvalue weighted by Gasteiger charge is -2.25. The minimum absolute atomic E-state index is 0.0430. The highest BCUT2D eigenvalue weighted by Crippen LogP contribution is 2.36. The average Bonchev–Trinajstić information content (AvgIpc) is 3.07. The van der Waals surface area contributed by atoms with Crippen LogP contribution in [0.1, 0.15) is 12.0 Å². The van der Waals surface area contributed by atoms with Crippen molar-refractivity contribution in [1.29, 1.82) is 0 Å². The van der Waals surface area contributed by atoms with E-state index < -0.39 is 5.82 Å². The SMILES string of the molecule is Oc1ccc2c(c1F)CCC([C@@H]1CO1)O2. The van der Waals surface area contributed by atoms with Crippen LogP contribution in [0.4, 0.5) is 4.39 Å². The molecule has 0 aliphatic carbocycles. The molecule has 3 nitrogen and oxygen atoms in total. The molecule has 2 atom stereocenters. The summed E-state index contributed by atoms with van der Waals surface area (Å²) in [7, 11) is 0. The van der Waals surface area contributed by atoms with Gasteiger partial charge in [-0.15, -0.1) is 0 Å². The van der Waals surface area contributed by atoms with Gasteiger partial charge in [-0.25, -0.2) is 4.39 Å². The van der Waals surface area contributed by atoms with Gasteiger partial charge in [0.15, 0.2) is 11.6 Å². The second-order valence-corrected chi connectivity index (χ2v) is 3.94. The Hall–Kier alpha value is -1.29. The number of benzene rings is 1. The highest BCUT2D eigenvalue weighted by molar-refractivity contribution is 5.42. The maximum atomic E-state index is 13.5. The van der Waals surface area contributed by atoms with Gasteiger partial charge in [0.2, 0.25) is 0 Å². The van der Waals surface area contributed by atoms with Crippen molar-refractivity contribution in [2.24, 2.45) is 0 Å². The van der Waals surface area contributed by atoms with E-state index in [1.807, 2.05) is 0 Å². The summed E-state index contributed by atoms with van der Waals surface area (Å²) in [6.45, 7) is 0.737. The summed E-state index contributed by atoms with van der Waals surface area (Å²) in [6, 6.07) is 2.94. The lowest BCUT2D eigenvalue weighted by Crippen LogP contribution is -2.28. The van der Waals surface area contributed by atoms with Crippen LogP contribution in [-0.2, 0) is 11.2 Å². The smallest absolute Gasteiger partial charge is 0.171 e. The zero-order valence-electron chi connectivity index (χ0n) is 8.07. The highest BCUT2D eigenvalue weighted by atomic mass is 19.1. The Kier molecular flexibility index (Phi) is 1.85. The number of halogens is 1. The maximum Gasteiger partial charge on any atom is 0.171 e. The van der Waals surface area contributed by atoms with Crippen molar-refractivity contribution in [3.05, 3.63) is 23.5 Å². The molecular formula is C11H11FO3. The van der Waals surface area contributed by atoms with Crippen molar-refractivity contribution in [1.82, 2.24) is 0 Å². The first-order chi connectivity index (χ1) is 7.25. The molecule has 0 spiro atoms. The van der Waals surface area contributed by atoms with Gasteiger partial charge in [-0.1, -0.05) is 0 Å². The molecule has 0 bridgehead atoms. The van der Waals surface area contributed by atoms with Crippen molar-refractivity contribution in [3.63, 3.8) is 0 Å². The fraction of sp³-hybridized carbons (Fsp3) is 0.455. The first-order valence-electron chi connectivity index (χ1n) is 5.04. The maximum absolute atomic E-state index is 13.5. The van der Waals surface area contributed by atoms with Crippen LogP contribution in [-0.4, -0.2) is 23.9 Å². The van der Waals surface area contributed by atoms with E-state index in [1.54, 1.807) is 6.07 Å². The summed E-state index contributed by atoms with van der Waals surface area (Å²) < 4.78 is 24.2.